The predicted octanol–water partition coefficient (Wildman–Crippen LogP) is 3.46. The highest BCUT2D eigenvalue weighted by molar-refractivity contribution is 5.94. The molecule has 0 aliphatic heterocycles. The molecule has 1 aromatic rings. The Morgan fingerprint density at radius 3 is 2.80 bits per heavy atom. The van der Waals surface area contributed by atoms with Crippen molar-refractivity contribution in [2.75, 3.05) is 18.4 Å². The second-order valence-corrected chi connectivity index (χ2v) is 5.50. The summed E-state index contributed by atoms with van der Waals surface area (Å²) in [5.41, 5.74) is 0.668. The fraction of sp³-hybridized carbons (Fsp3) is 0.625. The number of nitrogens with one attached hydrogen (secondary N) is 2. The molecule has 0 spiro atoms. The van der Waals surface area contributed by atoms with E-state index in [9.17, 15) is 4.79 Å². The average molecular weight is 277 g/mol. The molecule has 1 aromatic heterocycles. The fourth-order valence-electron chi connectivity index (χ4n) is 1.84. The summed E-state index contributed by atoms with van der Waals surface area (Å²) in [5, 5.41) is 6.20. The molecule has 0 fully saturated rings. The average Bonchev–Trinajstić information content (AvgIpc) is 2.43. The van der Waals surface area contributed by atoms with Crippen molar-refractivity contribution < 1.29 is 4.79 Å². The largest absolute Gasteiger partial charge is 0.370 e. The summed E-state index contributed by atoms with van der Waals surface area (Å²) in [6.45, 7) is 8.10. The summed E-state index contributed by atoms with van der Waals surface area (Å²) in [5.74, 6) is 1.35. The molecule has 0 aliphatic carbocycles. The van der Waals surface area contributed by atoms with Gasteiger partial charge in [0.05, 0.1) is 0 Å². The highest BCUT2D eigenvalue weighted by atomic mass is 16.1. The van der Waals surface area contributed by atoms with E-state index < -0.39 is 0 Å². The molecule has 4 nitrogen and oxygen atoms in total. The number of pyridine rings is 1. The minimum Gasteiger partial charge on any atom is -0.370 e. The van der Waals surface area contributed by atoms with Gasteiger partial charge in [0, 0.05) is 24.8 Å². The first-order chi connectivity index (χ1) is 9.63. The number of amides is 1. The highest BCUT2D eigenvalue weighted by Crippen LogP contribution is 2.08. The summed E-state index contributed by atoms with van der Waals surface area (Å²) >= 11 is 0. The Hall–Kier alpha value is -1.58. The van der Waals surface area contributed by atoms with E-state index in [1.165, 1.54) is 12.8 Å². The van der Waals surface area contributed by atoms with E-state index in [4.69, 9.17) is 0 Å². The number of carbonyl (C=O) groups is 1. The Morgan fingerprint density at radius 2 is 2.10 bits per heavy atom. The van der Waals surface area contributed by atoms with Crippen molar-refractivity contribution in [1.29, 1.82) is 0 Å². The molecule has 4 heteroatoms. The number of hydrogen-bond acceptors (Lipinski definition) is 3. The van der Waals surface area contributed by atoms with Gasteiger partial charge in [0.25, 0.3) is 5.91 Å². The smallest absolute Gasteiger partial charge is 0.251 e. The molecule has 1 amide bonds. The third-order valence-electron chi connectivity index (χ3n) is 3.12. The van der Waals surface area contributed by atoms with Crippen LogP contribution in [-0.2, 0) is 0 Å². The zero-order valence-corrected chi connectivity index (χ0v) is 12.9. The van der Waals surface area contributed by atoms with Crippen LogP contribution < -0.4 is 10.6 Å². The van der Waals surface area contributed by atoms with E-state index in [1.807, 2.05) is 6.07 Å². The normalized spacial score (nSPS) is 10.6. The van der Waals surface area contributed by atoms with Gasteiger partial charge in [0.15, 0.2) is 0 Å². The summed E-state index contributed by atoms with van der Waals surface area (Å²) in [6, 6.07) is 3.57. The first kappa shape index (κ1) is 16.5. The van der Waals surface area contributed by atoms with Crippen molar-refractivity contribution in [2.45, 2.75) is 46.5 Å². The maximum atomic E-state index is 12.0. The first-order valence-electron chi connectivity index (χ1n) is 7.61. The van der Waals surface area contributed by atoms with Gasteiger partial charge in [0.2, 0.25) is 0 Å². The van der Waals surface area contributed by atoms with Crippen molar-refractivity contribution in [3.05, 3.63) is 23.9 Å². The second kappa shape index (κ2) is 9.34. The van der Waals surface area contributed by atoms with Crippen molar-refractivity contribution >= 4 is 11.7 Å². The minimum absolute atomic E-state index is 0.0235. The molecule has 112 valence electrons. The molecule has 0 aliphatic rings. The summed E-state index contributed by atoms with van der Waals surface area (Å²) in [7, 11) is 0. The van der Waals surface area contributed by atoms with Gasteiger partial charge in [-0.15, -0.1) is 0 Å². The van der Waals surface area contributed by atoms with Crippen molar-refractivity contribution in [3.63, 3.8) is 0 Å². The Bertz CT molecular complexity index is 404. The van der Waals surface area contributed by atoms with Gasteiger partial charge in [-0.2, -0.15) is 0 Å². The van der Waals surface area contributed by atoms with E-state index in [0.717, 1.165) is 31.7 Å². The van der Waals surface area contributed by atoms with Gasteiger partial charge in [-0.05, 0) is 30.9 Å². The quantitative estimate of drug-likeness (QED) is 0.680. The van der Waals surface area contributed by atoms with Crippen LogP contribution in [0.1, 0.15) is 56.8 Å². The summed E-state index contributed by atoms with van der Waals surface area (Å²) in [4.78, 5) is 16.2. The van der Waals surface area contributed by atoms with E-state index in [2.05, 4.69) is 36.4 Å². The third kappa shape index (κ3) is 6.55. The number of anilines is 1. The van der Waals surface area contributed by atoms with E-state index in [-0.39, 0.29) is 5.91 Å². The summed E-state index contributed by atoms with van der Waals surface area (Å²) in [6.07, 6.45) is 6.22. The lowest BCUT2D eigenvalue weighted by Gasteiger charge is -2.09. The highest BCUT2D eigenvalue weighted by Gasteiger charge is 2.06. The monoisotopic (exact) mass is 277 g/mol. The molecule has 1 heterocycles. The van der Waals surface area contributed by atoms with E-state index >= 15 is 0 Å². The molecule has 0 saturated heterocycles. The van der Waals surface area contributed by atoms with Crippen LogP contribution in [0.3, 0.4) is 0 Å². The van der Waals surface area contributed by atoms with Crippen LogP contribution in [0.2, 0.25) is 0 Å². The lowest BCUT2D eigenvalue weighted by atomic mass is 10.1. The molecule has 0 radical (unpaired) electrons. The van der Waals surface area contributed by atoms with Crippen LogP contribution in [0.5, 0.6) is 0 Å². The lowest BCUT2D eigenvalue weighted by molar-refractivity contribution is 0.0952. The van der Waals surface area contributed by atoms with Crippen molar-refractivity contribution in [3.8, 4) is 0 Å². The van der Waals surface area contributed by atoms with Crippen LogP contribution in [0.4, 0.5) is 5.82 Å². The Labute approximate surface area is 122 Å². The molecular weight excluding hydrogens is 250 g/mol. The van der Waals surface area contributed by atoms with Crippen LogP contribution >= 0.6 is 0 Å². The zero-order valence-electron chi connectivity index (χ0n) is 12.9. The number of hydrogen-bond donors (Lipinski definition) is 2. The van der Waals surface area contributed by atoms with Crippen molar-refractivity contribution in [2.24, 2.45) is 5.92 Å². The molecule has 0 bridgehead atoms. The lowest BCUT2D eigenvalue weighted by Crippen LogP contribution is -2.25. The molecule has 0 saturated carbocycles. The molecular formula is C16H27N3O. The van der Waals surface area contributed by atoms with Gasteiger partial charge in [-0.3, -0.25) is 4.79 Å². The molecule has 1 rings (SSSR count). The predicted molar refractivity (Wildman–Crippen MR) is 84.0 cm³/mol. The topological polar surface area (TPSA) is 54.0 Å². The first-order valence-corrected chi connectivity index (χ1v) is 7.61. The Kier molecular flexibility index (Phi) is 7.70. The fourth-order valence-corrected chi connectivity index (χ4v) is 1.84. The summed E-state index contributed by atoms with van der Waals surface area (Å²) < 4.78 is 0. The Morgan fingerprint density at radius 1 is 1.30 bits per heavy atom. The van der Waals surface area contributed by atoms with Crippen LogP contribution in [0.15, 0.2) is 18.3 Å². The molecule has 0 unspecified atom stereocenters. The third-order valence-corrected chi connectivity index (χ3v) is 3.12. The number of rotatable bonds is 9. The van der Waals surface area contributed by atoms with Gasteiger partial charge >= 0.3 is 0 Å². The number of unbranched alkanes of at least 4 members (excludes halogenated alkanes) is 2. The van der Waals surface area contributed by atoms with Gasteiger partial charge in [-0.25, -0.2) is 4.98 Å². The van der Waals surface area contributed by atoms with Gasteiger partial charge in [0.1, 0.15) is 5.82 Å². The van der Waals surface area contributed by atoms with Crippen LogP contribution in [0.25, 0.3) is 0 Å². The Balaban J connectivity index is 2.43. The van der Waals surface area contributed by atoms with Gasteiger partial charge < -0.3 is 10.6 Å². The SMILES string of the molecule is CCCCCNc1cc(C(=O)NCCC(C)C)ccn1. The van der Waals surface area contributed by atoms with Gasteiger partial charge in [-0.1, -0.05) is 33.6 Å². The maximum Gasteiger partial charge on any atom is 0.251 e. The molecule has 2 N–H and O–H groups in total. The zero-order chi connectivity index (χ0) is 14.8. The number of carbonyl (C=O) groups excluding carboxylic acids is 1. The van der Waals surface area contributed by atoms with Crippen molar-refractivity contribution in [1.82, 2.24) is 10.3 Å². The van der Waals surface area contributed by atoms with E-state index in [1.54, 1.807) is 12.3 Å². The van der Waals surface area contributed by atoms with Crippen LogP contribution in [0, 0.1) is 5.92 Å². The number of nitrogens with zero attached hydrogens (tertiary/aromatic N) is 1. The van der Waals surface area contributed by atoms with E-state index in [0.29, 0.717) is 11.5 Å². The minimum atomic E-state index is -0.0235. The molecule has 20 heavy (non-hydrogen) atoms. The molecule has 0 aromatic carbocycles. The number of aromatic nitrogens is 1. The van der Waals surface area contributed by atoms with Crippen LogP contribution in [-0.4, -0.2) is 24.0 Å². The second-order valence-electron chi connectivity index (χ2n) is 5.50. The molecule has 0 atom stereocenters. The maximum absolute atomic E-state index is 12.0. The standard InChI is InChI=1S/C16H27N3O/c1-4-5-6-9-17-15-12-14(8-11-18-15)16(20)19-10-7-13(2)3/h8,11-13H,4-7,9-10H2,1-3H3,(H,17,18)(H,19,20).